The van der Waals surface area contributed by atoms with Gasteiger partial charge in [-0.15, -0.1) is 0 Å². The van der Waals surface area contributed by atoms with Gasteiger partial charge < -0.3 is 14.8 Å². The van der Waals surface area contributed by atoms with E-state index in [1.807, 2.05) is 31.2 Å². The van der Waals surface area contributed by atoms with Crippen LogP contribution in [0.4, 0.5) is 0 Å². The highest BCUT2D eigenvalue weighted by Gasteiger charge is 2.23. The van der Waals surface area contributed by atoms with Crippen LogP contribution in [0.1, 0.15) is 42.7 Å². The van der Waals surface area contributed by atoms with Gasteiger partial charge in [-0.25, -0.2) is 13.1 Å². The third-order valence-electron chi connectivity index (χ3n) is 4.06. The number of amides is 1. The van der Waals surface area contributed by atoms with E-state index in [4.69, 9.17) is 9.47 Å². The fourth-order valence-corrected chi connectivity index (χ4v) is 4.23. The summed E-state index contributed by atoms with van der Waals surface area (Å²) < 4.78 is 38.2. The lowest BCUT2D eigenvalue weighted by molar-refractivity contribution is 0.0939. The van der Waals surface area contributed by atoms with E-state index in [0.29, 0.717) is 5.75 Å². The van der Waals surface area contributed by atoms with Crippen LogP contribution in [0.25, 0.3) is 0 Å². The van der Waals surface area contributed by atoms with Crippen molar-refractivity contribution in [2.24, 2.45) is 0 Å². The molecule has 0 spiro atoms. The monoisotopic (exact) mass is 406 g/mol. The third kappa shape index (κ3) is 5.02. The molecule has 2 rings (SSSR count). The summed E-state index contributed by atoms with van der Waals surface area (Å²) >= 11 is 0. The highest BCUT2D eigenvalue weighted by molar-refractivity contribution is 7.89. The van der Waals surface area contributed by atoms with Gasteiger partial charge in [0.2, 0.25) is 10.0 Å². The summed E-state index contributed by atoms with van der Waals surface area (Å²) in [5, 5.41) is 2.87. The number of nitrogens with one attached hydrogen (secondary N) is 2. The molecule has 2 N–H and O–H groups in total. The molecule has 2 aromatic carbocycles. The Bertz CT molecular complexity index is 941. The van der Waals surface area contributed by atoms with Crippen molar-refractivity contribution in [1.82, 2.24) is 10.0 Å². The quantitative estimate of drug-likeness (QED) is 0.703. The molecule has 0 aliphatic carbocycles. The number of methoxy groups -OCH3 is 2. The van der Waals surface area contributed by atoms with Gasteiger partial charge in [0.1, 0.15) is 16.4 Å². The van der Waals surface area contributed by atoms with Gasteiger partial charge in [0.15, 0.2) is 0 Å². The first-order valence-electron chi connectivity index (χ1n) is 8.83. The zero-order valence-electron chi connectivity index (χ0n) is 16.6. The van der Waals surface area contributed by atoms with Crippen LogP contribution in [0, 0.1) is 0 Å². The van der Waals surface area contributed by atoms with E-state index >= 15 is 0 Å². The number of benzene rings is 2. The molecule has 0 aliphatic heterocycles. The SMILES string of the molecule is COc1ccccc1[C@H](C)NC(=O)c1ccc(OC)c(S(=O)(=O)NC(C)C)c1. The molecule has 0 saturated heterocycles. The molecular weight excluding hydrogens is 380 g/mol. The van der Waals surface area contributed by atoms with Gasteiger partial charge in [0, 0.05) is 17.2 Å². The van der Waals surface area contributed by atoms with Gasteiger partial charge in [-0.05, 0) is 45.0 Å². The Hall–Kier alpha value is -2.58. The van der Waals surface area contributed by atoms with Gasteiger partial charge in [-0.2, -0.15) is 0 Å². The number of sulfonamides is 1. The zero-order chi connectivity index (χ0) is 20.9. The summed E-state index contributed by atoms with van der Waals surface area (Å²) in [5.74, 6) is 0.430. The van der Waals surface area contributed by atoms with E-state index < -0.39 is 15.9 Å². The highest BCUT2D eigenvalue weighted by atomic mass is 32.2. The Morgan fingerprint density at radius 3 is 2.21 bits per heavy atom. The Morgan fingerprint density at radius 2 is 1.61 bits per heavy atom. The second-order valence-electron chi connectivity index (χ2n) is 6.58. The molecule has 0 bridgehead atoms. The molecule has 0 radical (unpaired) electrons. The average Bonchev–Trinajstić information content (AvgIpc) is 2.66. The van der Waals surface area contributed by atoms with Crippen LogP contribution in [0.2, 0.25) is 0 Å². The fourth-order valence-electron chi connectivity index (χ4n) is 2.78. The predicted octanol–water partition coefficient (Wildman–Crippen LogP) is 2.88. The average molecular weight is 407 g/mol. The van der Waals surface area contributed by atoms with E-state index in [2.05, 4.69) is 10.0 Å². The van der Waals surface area contributed by atoms with Gasteiger partial charge in [0.05, 0.1) is 20.3 Å². The number of rotatable bonds is 8. The van der Waals surface area contributed by atoms with Crippen LogP contribution in [-0.2, 0) is 10.0 Å². The first-order valence-corrected chi connectivity index (χ1v) is 10.3. The van der Waals surface area contributed by atoms with E-state index in [-0.39, 0.29) is 28.3 Å². The molecule has 1 amide bonds. The molecule has 0 unspecified atom stereocenters. The standard InChI is InChI=1S/C20H26N2O5S/c1-13(2)22-28(24,25)19-12-15(10-11-18(19)27-5)20(23)21-14(3)16-8-6-7-9-17(16)26-4/h6-14,22H,1-5H3,(H,21,23)/t14-/m0/s1. The topological polar surface area (TPSA) is 93.7 Å². The van der Waals surface area contributed by atoms with E-state index in [1.54, 1.807) is 21.0 Å². The summed E-state index contributed by atoms with van der Waals surface area (Å²) in [5.41, 5.74) is 1.04. The number of carbonyl (C=O) groups is 1. The van der Waals surface area contributed by atoms with Crippen molar-refractivity contribution in [1.29, 1.82) is 0 Å². The number of carbonyl (C=O) groups excluding carboxylic acids is 1. The predicted molar refractivity (Wildman–Crippen MR) is 107 cm³/mol. The number of hydrogen-bond donors (Lipinski definition) is 2. The van der Waals surface area contributed by atoms with Crippen LogP contribution in [0.15, 0.2) is 47.4 Å². The summed E-state index contributed by atoms with van der Waals surface area (Å²) in [6.07, 6.45) is 0. The van der Waals surface area contributed by atoms with E-state index in [1.165, 1.54) is 25.3 Å². The summed E-state index contributed by atoms with van der Waals surface area (Å²) in [6.45, 7) is 5.27. The molecule has 0 saturated carbocycles. The Balaban J connectivity index is 2.32. The highest BCUT2D eigenvalue weighted by Crippen LogP contribution is 2.27. The van der Waals surface area contributed by atoms with Crippen LogP contribution < -0.4 is 19.5 Å². The minimum absolute atomic E-state index is 0.0821. The Labute approximate surface area is 166 Å². The maximum atomic E-state index is 12.7. The lowest BCUT2D eigenvalue weighted by Gasteiger charge is -2.18. The van der Waals surface area contributed by atoms with Crippen molar-refractivity contribution >= 4 is 15.9 Å². The third-order valence-corrected chi connectivity index (χ3v) is 5.74. The van der Waals surface area contributed by atoms with Crippen molar-refractivity contribution in [3.05, 3.63) is 53.6 Å². The maximum Gasteiger partial charge on any atom is 0.251 e. The van der Waals surface area contributed by atoms with E-state index in [0.717, 1.165) is 5.56 Å². The lowest BCUT2D eigenvalue weighted by Crippen LogP contribution is -2.31. The van der Waals surface area contributed by atoms with E-state index in [9.17, 15) is 13.2 Å². The summed E-state index contributed by atoms with van der Waals surface area (Å²) in [4.78, 5) is 12.6. The van der Waals surface area contributed by atoms with Gasteiger partial charge in [-0.3, -0.25) is 4.79 Å². The summed E-state index contributed by atoms with van der Waals surface area (Å²) in [7, 11) is -0.877. The first-order chi connectivity index (χ1) is 13.2. The first kappa shape index (κ1) is 21.7. The molecule has 7 nitrogen and oxygen atoms in total. The zero-order valence-corrected chi connectivity index (χ0v) is 17.5. The fraction of sp³-hybridized carbons (Fsp3) is 0.350. The van der Waals surface area contributed by atoms with Gasteiger partial charge in [0.25, 0.3) is 5.91 Å². The van der Waals surface area contributed by atoms with Crippen molar-refractivity contribution in [3.63, 3.8) is 0 Å². The Kier molecular flexibility index (Phi) is 7.04. The second kappa shape index (κ2) is 9.07. The van der Waals surface area contributed by atoms with Crippen molar-refractivity contribution in [2.75, 3.05) is 14.2 Å². The van der Waals surface area contributed by atoms with Crippen molar-refractivity contribution < 1.29 is 22.7 Å². The molecule has 152 valence electrons. The second-order valence-corrected chi connectivity index (χ2v) is 8.26. The number of para-hydroxylation sites is 1. The van der Waals surface area contributed by atoms with Crippen LogP contribution in [-0.4, -0.2) is 34.6 Å². The maximum absolute atomic E-state index is 12.7. The van der Waals surface area contributed by atoms with Crippen molar-refractivity contribution in [2.45, 2.75) is 37.8 Å². The molecule has 2 aromatic rings. The number of ether oxygens (including phenoxy) is 2. The molecule has 8 heteroatoms. The minimum Gasteiger partial charge on any atom is -0.496 e. The largest absolute Gasteiger partial charge is 0.496 e. The van der Waals surface area contributed by atoms with Gasteiger partial charge >= 0.3 is 0 Å². The molecule has 0 heterocycles. The van der Waals surface area contributed by atoms with Crippen LogP contribution in [0.5, 0.6) is 11.5 Å². The molecule has 1 atom stereocenters. The normalized spacial score (nSPS) is 12.5. The van der Waals surface area contributed by atoms with Crippen molar-refractivity contribution in [3.8, 4) is 11.5 Å². The van der Waals surface area contributed by atoms with Gasteiger partial charge in [-0.1, -0.05) is 18.2 Å². The lowest BCUT2D eigenvalue weighted by atomic mass is 10.1. The molecule has 0 aromatic heterocycles. The number of hydrogen-bond acceptors (Lipinski definition) is 5. The summed E-state index contributed by atoms with van der Waals surface area (Å²) in [6, 6.07) is 11.1. The smallest absolute Gasteiger partial charge is 0.251 e. The van der Waals surface area contributed by atoms with Crippen LogP contribution >= 0.6 is 0 Å². The minimum atomic E-state index is -3.82. The molecule has 0 fully saturated rings. The Morgan fingerprint density at radius 1 is 0.964 bits per heavy atom. The molecular formula is C20H26N2O5S. The molecule has 0 aliphatic rings. The van der Waals surface area contributed by atoms with Crippen LogP contribution in [0.3, 0.4) is 0 Å². The molecule has 28 heavy (non-hydrogen) atoms.